The summed E-state index contributed by atoms with van der Waals surface area (Å²) < 4.78 is 0. The van der Waals surface area contributed by atoms with Crippen molar-refractivity contribution in [3.63, 3.8) is 0 Å². The molecule has 0 bridgehead atoms. The maximum absolute atomic E-state index is 6.26. The van der Waals surface area contributed by atoms with E-state index in [-0.39, 0.29) is 0 Å². The Morgan fingerprint density at radius 2 is 1.95 bits per heavy atom. The Bertz CT molecular complexity index is 276. The van der Waals surface area contributed by atoms with Gasteiger partial charge >= 0.3 is 0 Å². The number of rotatable bonds is 3. The van der Waals surface area contributed by atoms with Crippen LogP contribution in [0.2, 0.25) is 0 Å². The van der Waals surface area contributed by atoms with Crippen molar-refractivity contribution >= 4 is 0 Å². The second-order valence-corrected chi connectivity index (χ2v) is 7.56. The van der Waals surface area contributed by atoms with Crippen molar-refractivity contribution in [3.8, 4) is 0 Å². The van der Waals surface area contributed by atoms with Crippen LogP contribution in [0, 0.1) is 17.8 Å². The number of nitrogens with two attached hydrogens (primary N) is 1. The van der Waals surface area contributed by atoms with Gasteiger partial charge in [0, 0.05) is 18.6 Å². The van der Waals surface area contributed by atoms with Crippen LogP contribution < -0.4 is 5.73 Å². The summed E-state index contributed by atoms with van der Waals surface area (Å²) in [6.45, 7) is 10.6. The molecule has 112 valence electrons. The quantitative estimate of drug-likeness (QED) is 0.790. The summed E-state index contributed by atoms with van der Waals surface area (Å²) in [5.41, 5.74) is 6.60. The highest BCUT2D eigenvalue weighted by Gasteiger charge is 2.39. The summed E-state index contributed by atoms with van der Waals surface area (Å²) >= 11 is 0. The number of piperidine rings is 1. The van der Waals surface area contributed by atoms with Gasteiger partial charge in [0.15, 0.2) is 0 Å². The molecule has 1 saturated carbocycles. The molecule has 2 rings (SSSR count). The van der Waals surface area contributed by atoms with Crippen LogP contribution in [0.3, 0.4) is 0 Å². The van der Waals surface area contributed by atoms with Crippen molar-refractivity contribution in [3.05, 3.63) is 0 Å². The summed E-state index contributed by atoms with van der Waals surface area (Å²) in [5, 5.41) is 0. The smallest absolute Gasteiger partial charge is 0.0331 e. The number of nitrogens with zero attached hydrogens (tertiary/aromatic N) is 1. The van der Waals surface area contributed by atoms with Crippen LogP contribution in [0.5, 0.6) is 0 Å². The van der Waals surface area contributed by atoms with Crippen LogP contribution in [0.4, 0.5) is 0 Å². The molecule has 0 spiro atoms. The zero-order valence-electron chi connectivity index (χ0n) is 13.3. The minimum absolute atomic E-state index is 0.332. The van der Waals surface area contributed by atoms with Crippen LogP contribution >= 0.6 is 0 Å². The molecule has 2 N–H and O–H groups in total. The predicted molar refractivity (Wildman–Crippen MR) is 83.2 cm³/mol. The van der Waals surface area contributed by atoms with Gasteiger partial charge < -0.3 is 5.73 Å². The van der Waals surface area contributed by atoms with E-state index in [0.29, 0.717) is 5.54 Å². The first kappa shape index (κ1) is 15.3. The average Bonchev–Trinajstić information content (AvgIpc) is 2.62. The van der Waals surface area contributed by atoms with Crippen molar-refractivity contribution in [1.29, 1.82) is 0 Å². The lowest BCUT2D eigenvalue weighted by atomic mass is 9.83. The average molecular weight is 266 g/mol. The van der Waals surface area contributed by atoms with E-state index in [1.807, 2.05) is 0 Å². The van der Waals surface area contributed by atoms with E-state index in [1.165, 1.54) is 58.0 Å². The van der Waals surface area contributed by atoms with Crippen LogP contribution in [0.1, 0.15) is 65.7 Å². The third-order valence-corrected chi connectivity index (χ3v) is 5.85. The summed E-state index contributed by atoms with van der Waals surface area (Å²) in [5.74, 6) is 2.63. The predicted octanol–water partition coefficient (Wildman–Crippen LogP) is 3.65. The molecule has 3 unspecified atom stereocenters. The Labute approximate surface area is 120 Å². The zero-order chi connectivity index (χ0) is 13.9. The monoisotopic (exact) mass is 266 g/mol. The number of likely N-dealkylation sites (tertiary alicyclic amines) is 1. The largest absolute Gasteiger partial charge is 0.329 e. The van der Waals surface area contributed by atoms with E-state index in [0.717, 1.165) is 24.3 Å². The highest BCUT2D eigenvalue weighted by molar-refractivity contribution is 4.96. The lowest BCUT2D eigenvalue weighted by molar-refractivity contribution is 0.0383. The molecule has 1 saturated heterocycles. The Balaban J connectivity index is 2.05. The molecule has 0 radical (unpaired) electrons. The van der Waals surface area contributed by atoms with Crippen molar-refractivity contribution in [2.24, 2.45) is 23.5 Å². The zero-order valence-corrected chi connectivity index (χ0v) is 13.3. The molecule has 0 aromatic rings. The molecule has 2 aliphatic rings. The normalized spacial score (nSPS) is 38.4. The van der Waals surface area contributed by atoms with Crippen molar-refractivity contribution in [1.82, 2.24) is 4.90 Å². The minimum Gasteiger partial charge on any atom is -0.329 e. The molecule has 0 aromatic heterocycles. The van der Waals surface area contributed by atoms with E-state index in [2.05, 4.69) is 25.7 Å². The molecule has 1 heterocycles. The third-order valence-electron chi connectivity index (χ3n) is 5.85. The Morgan fingerprint density at radius 3 is 2.58 bits per heavy atom. The van der Waals surface area contributed by atoms with Gasteiger partial charge in [-0.25, -0.2) is 0 Å². The van der Waals surface area contributed by atoms with Gasteiger partial charge in [0.1, 0.15) is 0 Å². The maximum atomic E-state index is 6.26. The van der Waals surface area contributed by atoms with Gasteiger partial charge in [-0.15, -0.1) is 0 Å². The van der Waals surface area contributed by atoms with Gasteiger partial charge in [-0.1, -0.05) is 33.6 Å². The van der Waals surface area contributed by atoms with Crippen LogP contribution in [0.25, 0.3) is 0 Å². The van der Waals surface area contributed by atoms with E-state index in [1.54, 1.807) is 0 Å². The fraction of sp³-hybridized carbons (Fsp3) is 1.00. The molecule has 1 aliphatic carbocycles. The van der Waals surface area contributed by atoms with E-state index < -0.39 is 0 Å². The molecule has 2 fully saturated rings. The molecule has 2 nitrogen and oxygen atoms in total. The molecule has 0 aromatic carbocycles. The molecular weight excluding hydrogens is 232 g/mol. The number of hydrogen-bond donors (Lipinski definition) is 1. The van der Waals surface area contributed by atoms with Gasteiger partial charge in [0.25, 0.3) is 0 Å². The molecular formula is C17H34N2. The molecule has 0 amide bonds. The maximum Gasteiger partial charge on any atom is 0.0331 e. The highest BCUT2D eigenvalue weighted by Crippen LogP contribution is 2.38. The van der Waals surface area contributed by atoms with Crippen molar-refractivity contribution in [2.75, 3.05) is 19.6 Å². The topological polar surface area (TPSA) is 29.3 Å². The van der Waals surface area contributed by atoms with Gasteiger partial charge in [0.2, 0.25) is 0 Å². The van der Waals surface area contributed by atoms with Gasteiger partial charge in [-0.3, -0.25) is 4.90 Å². The second-order valence-electron chi connectivity index (χ2n) is 7.56. The first-order valence-corrected chi connectivity index (χ1v) is 8.52. The van der Waals surface area contributed by atoms with Gasteiger partial charge in [0.05, 0.1) is 0 Å². The molecule has 19 heavy (non-hydrogen) atoms. The lowest BCUT2D eigenvalue weighted by Crippen LogP contribution is -2.56. The Kier molecular flexibility index (Phi) is 5.30. The van der Waals surface area contributed by atoms with Crippen molar-refractivity contribution in [2.45, 2.75) is 71.3 Å². The summed E-state index contributed by atoms with van der Waals surface area (Å²) in [6.07, 6.45) is 9.63. The summed E-state index contributed by atoms with van der Waals surface area (Å²) in [6, 6.07) is 0. The van der Waals surface area contributed by atoms with Gasteiger partial charge in [-0.2, -0.15) is 0 Å². The van der Waals surface area contributed by atoms with E-state index in [4.69, 9.17) is 5.73 Å². The molecule has 2 heteroatoms. The molecule has 1 aliphatic heterocycles. The first-order chi connectivity index (χ1) is 9.07. The fourth-order valence-electron chi connectivity index (χ4n) is 4.35. The summed E-state index contributed by atoms with van der Waals surface area (Å²) in [7, 11) is 0. The summed E-state index contributed by atoms with van der Waals surface area (Å²) in [4.78, 5) is 2.77. The third kappa shape index (κ3) is 3.52. The van der Waals surface area contributed by atoms with Gasteiger partial charge in [-0.05, 0) is 56.4 Å². The second kappa shape index (κ2) is 6.58. The number of hydrogen-bond acceptors (Lipinski definition) is 2. The standard InChI is InChI=1S/C17H34N2/c1-14(2)16-7-4-9-17(13-18,10-8-16)19-11-5-6-15(3)12-19/h14-16H,4-13,18H2,1-3H3. The van der Waals surface area contributed by atoms with Crippen LogP contribution in [-0.4, -0.2) is 30.1 Å². The van der Waals surface area contributed by atoms with E-state index >= 15 is 0 Å². The molecule has 3 atom stereocenters. The van der Waals surface area contributed by atoms with Crippen molar-refractivity contribution < 1.29 is 0 Å². The minimum atomic E-state index is 0.332. The lowest BCUT2D eigenvalue weighted by Gasteiger charge is -2.47. The highest BCUT2D eigenvalue weighted by atomic mass is 15.2. The van der Waals surface area contributed by atoms with E-state index in [9.17, 15) is 0 Å². The Morgan fingerprint density at radius 1 is 1.16 bits per heavy atom. The Hall–Kier alpha value is -0.0800. The first-order valence-electron chi connectivity index (χ1n) is 8.52. The van der Waals surface area contributed by atoms with Crippen LogP contribution in [0.15, 0.2) is 0 Å². The van der Waals surface area contributed by atoms with Crippen LogP contribution in [-0.2, 0) is 0 Å². The SMILES string of the molecule is CC1CCCN(C2(CN)CCCC(C(C)C)CC2)C1. The fourth-order valence-corrected chi connectivity index (χ4v) is 4.35.